The molecule has 1 fully saturated rings. The number of benzene rings is 1. The molecule has 1 atom stereocenters. The predicted octanol–water partition coefficient (Wildman–Crippen LogP) is 1.74. The Morgan fingerprint density at radius 2 is 2.17 bits per heavy atom. The van der Waals surface area contributed by atoms with Crippen molar-refractivity contribution in [1.82, 2.24) is 4.90 Å². The van der Waals surface area contributed by atoms with Gasteiger partial charge in [0.05, 0.1) is 23.0 Å². The number of nitro groups is 1. The van der Waals surface area contributed by atoms with Crippen molar-refractivity contribution in [2.75, 3.05) is 19.7 Å². The van der Waals surface area contributed by atoms with E-state index in [4.69, 9.17) is 9.84 Å². The van der Waals surface area contributed by atoms with Gasteiger partial charge in [-0.05, 0) is 12.1 Å². The number of fused-ring (bicyclic) bond motifs is 1. The molecule has 8 nitrogen and oxygen atoms in total. The van der Waals surface area contributed by atoms with Crippen LogP contribution in [0.15, 0.2) is 24.3 Å². The van der Waals surface area contributed by atoms with Crippen LogP contribution < -0.4 is 0 Å². The lowest BCUT2D eigenvalue weighted by molar-refractivity contribution is -0.384. The van der Waals surface area contributed by atoms with Crippen LogP contribution in [0, 0.1) is 10.1 Å². The summed E-state index contributed by atoms with van der Waals surface area (Å²) in [5, 5.41) is 20.4. The number of nitrogens with zero attached hydrogens (tertiary/aromatic N) is 2. The highest BCUT2D eigenvalue weighted by Crippen LogP contribution is 2.30. The summed E-state index contributed by atoms with van der Waals surface area (Å²) < 4.78 is 5.86. The topological polar surface area (TPSA) is 110 Å². The van der Waals surface area contributed by atoms with Crippen molar-refractivity contribution in [1.29, 1.82) is 0 Å². The Morgan fingerprint density at radius 3 is 2.87 bits per heavy atom. The van der Waals surface area contributed by atoms with E-state index in [0.717, 1.165) is 4.70 Å². The maximum absolute atomic E-state index is 12.5. The standard InChI is InChI=1S/C14H12N2O6S/c17-13(15-3-4-22-10(7-15)14(18)19)12-6-8-5-9(16(20)21)1-2-11(8)23-12/h1-2,5-6,10H,3-4,7H2,(H,18,19). The molecular formula is C14H12N2O6S. The quantitative estimate of drug-likeness (QED) is 0.675. The number of amides is 1. The fourth-order valence-corrected chi connectivity index (χ4v) is 3.40. The van der Waals surface area contributed by atoms with Crippen molar-refractivity contribution in [2.24, 2.45) is 0 Å². The van der Waals surface area contributed by atoms with Crippen LogP contribution in [0.4, 0.5) is 5.69 Å². The summed E-state index contributed by atoms with van der Waals surface area (Å²) in [6.07, 6.45) is -1.02. The zero-order chi connectivity index (χ0) is 16.6. The number of carboxylic acids is 1. The third kappa shape index (κ3) is 3.01. The van der Waals surface area contributed by atoms with E-state index < -0.39 is 17.0 Å². The minimum atomic E-state index is -1.10. The first-order valence-electron chi connectivity index (χ1n) is 6.77. The summed E-state index contributed by atoms with van der Waals surface area (Å²) in [6, 6.07) is 6.01. The van der Waals surface area contributed by atoms with Gasteiger partial charge in [-0.25, -0.2) is 4.79 Å². The lowest BCUT2D eigenvalue weighted by atomic mass is 10.2. The van der Waals surface area contributed by atoms with Gasteiger partial charge in [-0.15, -0.1) is 11.3 Å². The summed E-state index contributed by atoms with van der Waals surface area (Å²) in [5.74, 6) is -1.39. The fourth-order valence-electron chi connectivity index (χ4n) is 2.39. The SMILES string of the molecule is O=C(O)C1CN(C(=O)c2cc3cc([N+](=O)[O-])ccc3s2)CCO1. The molecule has 0 saturated carbocycles. The Bertz CT molecular complexity index is 802. The van der Waals surface area contributed by atoms with Crippen LogP contribution >= 0.6 is 11.3 Å². The molecule has 2 aromatic rings. The molecule has 120 valence electrons. The van der Waals surface area contributed by atoms with E-state index in [-0.39, 0.29) is 24.7 Å². The third-order valence-corrected chi connectivity index (χ3v) is 4.65. The number of thiophene rings is 1. The molecule has 1 saturated heterocycles. The van der Waals surface area contributed by atoms with E-state index in [1.54, 1.807) is 12.1 Å². The Kier molecular flexibility index (Phi) is 3.97. The molecule has 0 bridgehead atoms. The van der Waals surface area contributed by atoms with E-state index in [1.807, 2.05) is 0 Å². The van der Waals surface area contributed by atoms with Crippen molar-refractivity contribution < 1.29 is 24.4 Å². The second kappa shape index (κ2) is 5.94. The average molecular weight is 336 g/mol. The Morgan fingerprint density at radius 1 is 1.39 bits per heavy atom. The second-order valence-electron chi connectivity index (χ2n) is 5.04. The van der Waals surface area contributed by atoms with Gasteiger partial charge in [-0.2, -0.15) is 0 Å². The van der Waals surface area contributed by atoms with Crippen LogP contribution in [0.2, 0.25) is 0 Å². The van der Waals surface area contributed by atoms with E-state index >= 15 is 0 Å². The number of morpholine rings is 1. The summed E-state index contributed by atoms with van der Waals surface area (Å²) in [5.41, 5.74) is -0.0355. The molecule has 9 heteroatoms. The Hall–Kier alpha value is -2.52. The number of ether oxygens (including phenoxy) is 1. The normalized spacial score (nSPS) is 18.1. The van der Waals surface area contributed by atoms with Crippen LogP contribution in [-0.2, 0) is 9.53 Å². The molecule has 1 aliphatic heterocycles. The van der Waals surface area contributed by atoms with Crippen LogP contribution in [0.1, 0.15) is 9.67 Å². The summed E-state index contributed by atoms with van der Waals surface area (Å²) >= 11 is 1.23. The highest BCUT2D eigenvalue weighted by Gasteiger charge is 2.30. The minimum absolute atomic E-state index is 0.0113. The van der Waals surface area contributed by atoms with Gasteiger partial charge in [-0.1, -0.05) is 0 Å². The van der Waals surface area contributed by atoms with Crippen LogP contribution in [-0.4, -0.2) is 52.6 Å². The van der Waals surface area contributed by atoms with Crippen molar-refractivity contribution in [3.8, 4) is 0 Å². The summed E-state index contributed by atoms with van der Waals surface area (Å²) in [7, 11) is 0. The average Bonchev–Trinajstić information content (AvgIpc) is 2.97. The lowest BCUT2D eigenvalue weighted by Crippen LogP contribution is -2.48. The second-order valence-corrected chi connectivity index (χ2v) is 6.12. The molecule has 3 rings (SSSR count). The molecule has 0 spiro atoms. The molecule has 1 amide bonds. The molecule has 1 aliphatic rings. The van der Waals surface area contributed by atoms with Crippen molar-refractivity contribution >= 4 is 39.0 Å². The van der Waals surface area contributed by atoms with E-state index in [0.29, 0.717) is 16.8 Å². The van der Waals surface area contributed by atoms with Crippen molar-refractivity contribution in [2.45, 2.75) is 6.10 Å². The Balaban J connectivity index is 1.86. The number of nitro benzene ring substituents is 1. The molecule has 1 aromatic carbocycles. The smallest absolute Gasteiger partial charge is 0.334 e. The largest absolute Gasteiger partial charge is 0.479 e. The number of hydrogen-bond donors (Lipinski definition) is 1. The first kappa shape index (κ1) is 15.4. The van der Waals surface area contributed by atoms with Crippen molar-refractivity contribution in [3.63, 3.8) is 0 Å². The molecule has 1 N–H and O–H groups in total. The lowest BCUT2D eigenvalue weighted by Gasteiger charge is -2.30. The fraction of sp³-hybridized carbons (Fsp3) is 0.286. The van der Waals surface area contributed by atoms with Crippen LogP contribution in [0.5, 0.6) is 0 Å². The zero-order valence-electron chi connectivity index (χ0n) is 11.8. The number of carboxylic acid groups (broad SMARTS) is 1. The molecule has 2 heterocycles. The predicted molar refractivity (Wildman–Crippen MR) is 81.8 cm³/mol. The number of non-ortho nitro benzene ring substituents is 1. The number of carbonyl (C=O) groups is 2. The van der Waals surface area contributed by atoms with E-state index in [2.05, 4.69) is 0 Å². The van der Waals surface area contributed by atoms with Crippen LogP contribution in [0.25, 0.3) is 10.1 Å². The highest BCUT2D eigenvalue weighted by molar-refractivity contribution is 7.20. The van der Waals surface area contributed by atoms with Gasteiger partial charge >= 0.3 is 5.97 Å². The first-order valence-corrected chi connectivity index (χ1v) is 7.59. The molecule has 1 aromatic heterocycles. The minimum Gasteiger partial charge on any atom is -0.479 e. The van der Waals surface area contributed by atoms with E-state index in [9.17, 15) is 19.7 Å². The van der Waals surface area contributed by atoms with Gasteiger partial charge in [0.2, 0.25) is 0 Å². The molecule has 0 aliphatic carbocycles. The van der Waals surface area contributed by atoms with Gasteiger partial charge in [0.25, 0.3) is 11.6 Å². The number of rotatable bonds is 3. The van der Waals surface area contributed by atoms with Gasteiger partial charge in [0.1, 0.15) is 0 Å². The summed E-state index contributed by atoms with van der Waals surface area (Å²) in [4.78, 5) is 35.7. The van der Waals surface area contributed by atoms with Gasteiger partial charge in [0.15, 0.2) is 6.10 Å². The van der Waals surface area contributed by atoms with Crippen LogP contribution in [0.3, 0.4) is 0 Å². The number of hydrogen-bond acceptors (Lipinski definition) is 6. The van der Waals surface area contributed by atoms with Crippen molar-refractivity contribution in [3.05, 3.63) is 39.3 Å². The Labute approximate surface area is 134 Å². The van der Waals surface area contributed by atoms with Gasteiger partial charge < -0.3 is 14.7 Å². The zero-order valence-corrected chi connectivity index (χ0v) is 12.6. The molecule has 1 unspecified atom stereocenters. The van der Waals surface area contributed by atoms with Gasteiger partial charge in [0, 0.05) is 28.8 Å². The molecule has 0 radical (unpaired) electrons. The van der Waals surface area contributed by atoms with Gasteiger partial charge in [-0.3, -0.25) is 14.9 Å². The molecule has 23 heavy (non-hydrogen) atoms. The number of aliphatic carboxylic acids is 1. The maximum Gasteiger partial charge on any atom is 0.334 e. The van der Waals surface area contributed by atoms with E-state index in [1.165, 1.54) is 28.4 Å². The maximum atomic E-state index is 12.5. The molecular weight excluding hydrogens is 324 g/mol. The summed E-state index contributed by atoms with van der Waals surface area (Å²) in [6.45, 7) is 0.471. The number of carbonyl (C=O) groups excluding carboxylic acids is 1. The third-order valence-electron chi connectivity index (χ3n) is 3.55. The highest BCUT2D eigenvalue weighted by atomic mass is 32.1. The monoisotopic (exact) mass is 336 g/mol. The first-order chi connectivity index (χ1) is 11.0.